The van der Waals surface area contributed by atoms with Gasteiger partial charge in [-0.25, -0.2) is 0 Å². The van der Waals surface area contributed by atoms with Crippen LogP contribution >= 0.6 is 0 Å². The molecule has 0 radical (unpaired) electrons. The van der Waals surface area contributed by atoms with Gasteiger partial charge < -0.3 is 19.4 Å². The maximum absolute atomic E-state index is 12.3. The quantitative estimate of drug-likeness (QED) is 0.736. The summed E-state index contributed by atoms with van der Waals surface area (Å²) in [5.41, 5.74) is 0. The van der Waals surface area contributed by atoms with Crippen LogP contribution in [0.3, 0.4) is 0 Å². The highest BCUT2D eigenvalue weighted by Crippen LogP contribution is 2.28. The lowest BCUT2D eigenvalue weighted by Gasteiger charge is -2.43. The molecule has 0 aromatic carbocycles. The molecule has 0 aliphatic carbocycles. The Labute approximate surface area is 166 Å². The molecule has 5 nitrogen and oxygen atoms in total. The highest BCUT2D eigenvalue weighted by molar-refractivity contribution is 5.78. The van der Waals surface area contributed by atoms with Crippen LogP contribution in [0.4, 0.5) is 0 Å². The fourth-order valence-electron chi connectivity index (χ4n) is 5.10. The Bertz CT molecular complexity index is 466. The zero-order valence-electron chi connectivity index (χ0n) is 18.0. The predicted molar refractivity (Wildman–Crippen MR) is 110 cm³/mol. The summed E-state index contributed by atoms with van der Waals surface area (Å²) in [5, 5.41) is 0. The molecule has 3 aliphatic rings. The molecular formula is C22H41N3O2. The van der Waals surface area contributed by atoms with E-state index in [1.54, 1.807) is 0 Å². The standard InChI is InChI=1S/C22H41N3O2/c1-17(2)19-5-11-24(12-6-19)20-7-9-23(10-8-20)15-21-16-25(13-14-27-21)22(26)18(3)4/h17-21H,5-16H2,1-4H3. The molecule has 1 unspecified atom stereocenters. The zero-order valence-corrected chi connectivity index (χ0v) is 18.0. The van der Waals surface area contributed by atoms with E-state index in [1.807, 2.05) is 18.7 Å². The molecule has 1 amide bonds. The summed E-state index contributed by atoms with van der Waals surface area (Å²) in [7, 11) is 0. The van der Waals surface area contributed by atoms with Gasteiger partial charge in [-0.3, -0.25) is 4.79 Å². The number of morpholine rings is 1. The van der Waals surface area contributed by atoms with E-state index in [0.29, 0.717) is 6.61 Å². The summed E-state index contributed by atoms with van der Waals surface area (Å²) < 4.78 is 5.97. The monoisotopic (exact) mass is 379 g/mol. The first kappa shape index (κ1) is 21.1. The molecule has 0 spiro atoms. The summed E-state index contributed by atoms with van der Waals surface area (Å²) in [6, 6.07) is 0.778. The van der Waals surface area contributed by atoms with E-state index in [2.05, 4.69) is 23.6 Å². The number of piperidine rings is 2. The third kappa shape index (κ3) is 5.68. The first-order valence-electron chi connectivity index (χ1n) is 11.3. The number of carbonyl (C=O) groups is 1. The lowest BCUT2D eigenvalue weighted by atomic mass is 9.85. The van der Waals surface area contributed by atoms with Crippen LogP contribution in [0, 0.1) is 17.8 Å². The minimum Gasteiger partial charge on any atom is -0.373 e. The number of hydrogen-bond donors (Lipinski definition) is 0. The van der Waals surface area contributed by atoms with Crippen molar-refractivity contribution < 1.29 is 9.53 Å². The molecule has 3 saturated heterocycles. The van der Waals surface area contributed by atoms with Crippen LogP contribution < -0.4 is 0 Å². The van der Waals surface area contributed by atoms with Crippen LogP contribution in [0.2, 0.25) is 0 Å². The average Bonchev–Trinajstić information content (AvgIpc) is 2.68. The van der Waals surface area contributed by atoms with Crippen LogP contribution in [0.25, 0.3) is 0 Å². The third-order valence-corrected chi connectivity index (χ3v) is 7.00. The highest BCUT2D eigenvalue weighted by atomic mass is 16.5. The summed E-state index contributed by atoms with van der Waals surface area (Å²) in [4.78, 5) is 19.6. The molecule has 3 rings (SSSR count). The van der Waals surface area contributed by atoms with Crippen LogP contribution in [0.15, 0.2) is 0 Å². The highest BCUT2D eigenvalue weighted by Gasteiger charge is 2.31. The van der Waals surface area contributed by atoms with E-state index in [-0.39, 0.29) is 17.9 Å². The lowest BCUT2D eigenvalue weighted by molar-refractivity contribution is -0.142. The van der Waals surface area contributed by atoms with Crippen LogP contribution in [-0.4, -0.2) is 85.2 Å². The third-order valence-electron chi connectivity index (χ3n) is 7.00. The van der Waals surface area contributed by atoms with Crippen molar-refractivity contribution in [3.05, 3.63) is 0 Å². The number of hydrogen-bond acceptors (Lipinski definition) is 4. The van der Waals surface area contributed by atoms with Gasteiger partial charge in [0.25, 0.3) is 0 Å². The molecule has 0 bridgehead atoms. The predicted octanol–water partition coefficient (Wildman–Crippen LogP) is 2.70. The number of amides is 1. The number of rotatable bonds is 5. The Hall–Kier alpha value is -0.650. The molecule has 3 aliphatic heterocycles. The van der Waals surface area contributed by atoms with Crippen molar-refractivity contribution >= 4 is 5.91 Å². The second-order valence-corrected chi connectivity index (χ2v) is 9.58. The number of ether oxygens (including phenoxy) is 1. The Kier molecular flexibility index (Phi) is 7.57. The van der Waals surface area contributed by atoms with Crippen molar-refractivity contribution in [3.63, 3.8) is 0 Å². The molecule has 1 atom stereocenters. The van der Waals surface area contributed by atoms with Crippen LogP contribution in [-0.2, 0) is 9.53 Å². The van der Waals surface area contributed by atoms with Gasteiger partial charge in [-0.05, 0) is 63.7 Å². The SMILES string of the molecule is CC(C)C(=O)N1CCOC(CN2CCC(N3CCC(C(C)C)CC3)CC2)C1. The minimum atomic E-state index is 0.0827. The maximum Gasteiger partial charge on any atom is 0.225 e. The van der Waals surface area contributed by atoms with E-state index < -0.39 is 0 Å². The molecule has 27 heavy (non-hydrogen) atoms. The zero-order chi connectivity index (χ0) is 19.4. The molecular weight excluding hydrogens is 338 g/mol. The molecule has 0 saturated carbocycles. The van der Waals surface area contributed by atoms with Gasteiger partial charge in [-0.1, -0.05) is 27.7 Å². The first-order chi connectivity index (χ1) is 12.9. The van der Waals surface area contributed by atoms with Gasteiger partial charge in [-0.15, -0.1) is 0 Å². The van der Waals surface area contributed by atoms with Gasteiger partial charge in [0.2, 0.25) is 5.91 Å². The maximum atomic E-state index is 12.3. The normalized spacial score (nSPS) is 27.6. The van der Waals surface area contributed by atoms with E-state index in [0.717, 1.165) is 37.5 Å². The van der Waals surface area contributed by atoms with Crippen molar-refractivity contribution in [2.45, 2.75) is 65.5 Å². The summed E-state index contributed by atoms with van der Waals surface area (Å²) in [6.07, 6.45) is 5.52. The van der Waals surface area contributed by atoms with Gasteiger partial charge in [-0.2, -0.15) is 0 Å². The number of carbonyl (C=O) groups excluding carboxylic acids is 1. The first-order valence-corrected chi connectivity index (χ1v) is 11.3. The van der Waals surface area contributed by atoms with Crippen molar-refractivity contribution in [1.82, 2.24) is 14.7 Å². The fourth-order valence-corrected chi connectivity index (χ4v) is 5.10. The smallest absolute Gasteiger partial charge is 0.225 e. The van der Waals surface area contributed by atoms with Gasteiger partial charge >= 0.3 is 0 Å². The minimum absolute atomic E-state index is 0.0827. The van der Waals surface area contributed by atoms with Gasteiger partial charge in [0.15, 0.2) is 0 Å². The molecule has 156 valence electrons. The topological polar surface area (TPSA) is 36.0 Å². The summed E-state index contributed by atoms with van der Waals surface area (Å²) >= 11 is 0. The number of likely N-dealkylation sites (tertiary alicyclic amines) is 2. The van der Waals surface area contributed by atoms with Crippen LogP contribution in [0.1, 0.15) is 53.4 Å². The van der Waals surface area contributed by atoms with Crippen molar-refractivity contribution in [2.75, 3.05) is 52.4 Å². The molecule has 0 aromatic rings. The van der Waals surface area contributed by atoms with E-state index in [4.69, 9.17) is 4.74 Å². The average molecular weight is 380 g/mol. The second kappa shape index (κ2) is 9.71. The van der Waals surface area contributed by atoms with Crippen molar-refractivity contribution in [1.29, 1.82) is 0 Å². The van der Waals surface area contributed by atoms with Gasteiger partial charge in [0.05, 0.1) is 12.7 Å². The van der Waals surface area contributed by atoms with Gasteiger partial charge in [0, 0.05) is 31.6 Å². The van der Waals surface area contributed by atoms with Gasteiger partial charge in [0.1, 0.15) is 0 Å². The Morgan fingerprint density at radius 3 is 2.22 bits per heavy atom. The Morgan fingerprint density at radius 1 is 0.963 bits per heavy atom. The van der Waals surface area contributed by atoms with Crippen molar-refractivity contribution in [3.8, 4) is 0 Å². The number of nitrogens with zero attached hydrogens (tertiary/aromatic N) is 3. The van der Waals surface area contributed by atoms with Crippen molar-refractivity contribution in [2.24, 2.45) is 17.8 Å². The molecule has 0 N–H and O–H groups in total. The summed E-state index contributed by atoms with van der Waals surface area (Å²) in [5.74, 6) is 2.12. The summed E-state index contributed by atoms with van der Waals surface area (Å²) in [6.45, 7) is 16.8. The lowest BCUT2D eigenvalue weighted by Crippen LogP contribution is -2.53. The van der Waals surface area contributed by atoms with E-state index in [1.165, 1.54) is 51.9 Å². The molecule has 0 aromatic heterocycles. The Balaban J connectivity index is 1.39. The second-order valence-electron chi connectivity index (χ2n) is 9.58. The van der Waals surface area contributed by atoms with E-state index in [9.17, 15) is 4.79 Å². The molecule has 3 fully saturated rings. The largest absolute Gasteiger partial charge is 0.373 e. The Morgan fingerprint density at radius 2 is 1.63 bits per heavy atom. The molecule has 5 heteroatoms. The van der Waals surface area contributed by atoms with E-state index >= 15 is 0 Å². The fraction of sp³-hybridized carbons (Fsp3) is 0.955. The molecule has 3 heterocycles. The van der Waals surface area contributed by atoms with Crippen LogP contribution in [0.5, 0.6) is 0 Å².